The fraction of sp³-hybridized carbons (Fsp3) is 0.182. The van der Waals surface area contributed by atoms with Crippen LogP contribution >= 0.6 is 0 Å². The Labute approximate surface area is 92.5 Å². The molecule has 0 bridgehead atoms. The smallest absolute Gasteiger partial charge is 0.269 e. The lowest BCUT2D eigenvalue weighted by Gasteiger charge is -2.05. The van der Waals surface area contributed by atoms with Crippen LogP contribution in [0.5, 0.6) is 0 Å². The van der Waals surface area contributed by atoms with Gasteiger partial charge in [0.25, 0.3) is 5.69 Å². The van der Waals surface area contributed by atoms with Crippen LogP contribution in [0.4, 0.5) is 5.69 Å². The highest BCUT2D eigenvalue weighted by molar-refractivity contribution is 5.47. The second kappa shape index (κ2) is 3.77. The quantitative estimate of drug-likeness (QED) is 0.573. The number of hydrogen-bond donors (Lipinski definition) is 0. The van der Waals surface area contributed by atoms with E-state index in [1.54, 1.807) is 18.5 Å². The van der Waals surface area contributed by atoms with Gasteiger partial charge in [0.05, 0.1) is 16.9 Å². The Morgan fingerprint density at radius 2 is 2.12 bits per heavy atom. The molecule has 0 aliphatic carbocycles. The van der Waals surface area contributed by atoms with Crippen LogP contribution in [0.1, 0.15) is 11.3 Å². The van der Waals surface area contributed by atoms with Crippen molar-refractivity contribution in [3.8, 4) is 5.69 Å². The van der Waals surface area contributed by atoms with Crippen LogP contribution in [0, 0.1) is 24.0 Å². The zero-order chi connectivity index (χ0) is 11.7. The molecule has 0 saturated carbocycles. The minimum absolute atomic E-state index is 0.109. The first kappa shape index (κ1) is 10.4. The summed E-state index contributed by atoms with van der Waals surface area (Å²) in [6.45, 7) is 3.74. The number of nitrogens with zero attached hydrogens (tertiary/aromatic N) is 3. The molecule has 0 fully saturated rings. The molecule has 0 saturated heterocycles. The van der Waals surface area contributed by atoms with Gasteiger partial charge in [-0.3, -0.25) is 10.1 Å². The molecule has 1 aromatic heterocycles. The van der Waals surface area contributed by atoms with Crippen LogP contribution in [-0.4, -0.2) is 14.5 Å². The van der Waals surface area contributed by atoms with Crippen LogP contribution in [0.2, 0.25) is 0 Å². The lowest BCUT2D eigenvalue weighted by Crippen LogP contribution is -1.95. The van der Waals surface area contributed by atoms with Crippen molar-refractivity contribution in [2.24, 2.45) is 0 Å². The largest absolute Gasteiger partial charge is 0.306 e. The van der Waals surface area contributed by atoms with Crippen molar-refractivity contribution in [3.63, 3.8) is 0 Å². The maximum atomic E-state index is 10.6. The predicted molar refractivity (Wildman–Crippen MR) is 59.7 cm³/mol. The second-order valence-electron chi connectivity index (χ2n) is 3.65. The van der Waals surface area contributed by atoms with Crippen molar-refractivity contribution in [3.05, 3.63) is 52.1 Å². The maximum absolute atomic E-state index is 10.6. The molecule has 2 aromatic rings. The number of aromatic nitrogens is 2. The van der Waals surface area contributed by atoms with Gasteiger partial charge in [0.1, 0.15) is 0 Å². The number of benzene rings is 1. The number of rotatable bonds is 2. The number of nitro benzene ring substituents is 1. The Kier molecular flexibility index (Phi) is 2.44. The van der Waals surface area contributed by atoms with E-state index < -0.39 is 4.92 Å². The van der Waals surface area contributed by atoms with Gasteiger partial charge >= 0.3 is 0 Å². The van der Waals surface area contributed by atoms with Gasteiger partial charge in [-0.05, 0) is 25.5 Å². The van der Waals surface area contributed by atoms with Crippen LogP contribution < -0.4 is 0 Å². The summed E-state index contributed by atoms with van der Waals surface area (Å²) in [4.78, 5) is 14.3. The summed E-state index contributed by atoms with van der Waals surface area (Å²) in [5.74, 6) is 0. The van der Waals surface area contributed by atoms with Crippen LogP contribution in [0.15, 0.2) is 30.7 Å². The van der Waals surface area contributed by atoms with Crippen molar-refractivity contribution in [2.75, 3.05) is 0 Å². The Balaban J connectivity index is 2.47. The van der Waals surface area contributed by atoms with Crippen LogP contribution in [-0.2, 0) is 0 Å². The first-order valence-corrected chi connectivity index (χ1v) is 4.84. The lowest BCUT2D eigenvalue weighted by molar-refractivity contribution is -0.384. The third-order valence-electron chi connectivity index (χ3n) is 2.38. The highest BCUT2D eigenvalue weighted by atomic mass is 16.6. The molecule has 0 N–H and O–H groups in total. The minimum atomic E-state index is -0.393. The Morgan fingerprint density at radius 1 is 1.38 bits per heavy atom. The van der Waals surface area contributed by atoms with E-state index in [9.17, 15) is 10.1 Å². The van der Waals surface area contributed by atoms with Gasteiger partial charge in [-0.2, -0.15) is 0 Å². The normalized spacial score (nSPS) is 10.4. The minimum Gasteiger partial charge on any atom is -0.306 e. The number of hydrogen-bond acceptors (Lipinski definition) is 3. The number of imidazole rings is 1. The molecular formula is C11H11N3O2. The molecule has 0 unspecified atom stereocenters. The summed E-state index contributed by atoms with van der Waals surface area (Å²) >= 11 is 0. The summed E-state index contributed by atoms with van der Waals surface area (Å²) < 4.78 is 1.86. The molecule has 16 heavy (non-hydrogen) atoms. The average molecular weight is 217 g/mol. The molecular weight excluding hydrogens is 206 g/mol. The fourth-order valence-corrected chi connectivity index (χ4v) is 1.60. The summed E-state index contributed by atoms with van der Waals surface area (Å²) in [6, 6.07) is 4.79. The maximum Gasteiger partial charge on any atom is 0.269 e. The molecule has 0 spiro atoms. The molecule has 5 heteroatoms. The molecule has 0 amide bonds. The van der Waals surface area contributed by atoms with Gasteiger partial charge in [0.2, 0.25) is 0 Å². The predicted octanol–water partition coefficient (Wildman–Crippen LogP) is 2.40. The number of nitro groups is 1. The topological polar surface area (TPSA) is 61.0 Å². The van der Waals surface area contributed by atoms with E-state index in [2.05, 4.69) is 4.98 Å². The van der Waals surface area contributed by atoms with Crippen molar-refractivity contribution < 1.29 is 4.92 Å². The SMILES string of the molecule is Cc1cn(-c2ccc([N+](=O)[O-])cc2C)cn1. The summed E-state index contributed by atoms with van der Waals surface area (Å²) in [5.41, 5.74) is 2.79. The molecule has 5 nitrogen and oxygen atoms in total. The Hall–Kier alpha value is -2.17. The molecule has 2 rings (SSSR count). The Morgan fingerprint density at radius 3 is 2.62 bits per heavy atom. The molecule has 1 heterocycles. The summed E-state index contributed by atoms with van der Waals surface area (Å²) in [7, 11) is 0. The van der Waals surface area contributed by atoms with Crippen molar-refractivity contribution in [2.45, 2.75) is 13.8 Å². The highest BCUT2D eigenvalue weighted by Crippen LogP contribution is 2.20. The fourth-order valence-electron chi connectivity index (χ4n) is 1.60. The zero-order valence-corrected chi connectivity index (χ0v) is 9.04. The van der Waals surface area contributed by atoms with Gasteiger partial charge in [-0.15, -0.1) is 0 Å². The lowest BCUT2D eigenvalue weighted by atomic mass is 10.2. The molecule has 0 aliphatic rings. The van der Waals surface area contributed by atoms with Gasteiger partial charge in [0, 0.05) is 24.0 Å². The second-order valence-corrected chi connectivity index (χ2v) is 3.65. The van der Waals surface area contributed by atoms with Crippen LogP contribution in [0.25, 0.3) is 5.69 Å². The standard InChI is InChI=1S/C11H11N3O2/c1-8-5-10(14(15)16)3-4-11(8)13-6-9(2)12-7-13/h3-7H,1-2H3. The highest BCUT2D eigenvalue weighted by Gasteiger charge is 2.09. The van der Waals surface area contributed by atoms with E-state index in [1.807, 2.05) is 24.6 Å². The van der Waals surface area contributed by atoms with E-state index in [1.165, 1.54) is 6.07 Å². The van der Waals surface area contributed by atoms with Gasteiger partial charge < -0.3 is 4.57 Å². The summed E-state index contributed by atoms with van der Waals surface area (Å²) in [6.07, 6.45) is 3.58. The first-order chi connectivity index (χ1) is 7.58. The number of aryl methyl sites for hydroxylation is 2. The zero-order valence-electron chi connectivity index (χ0n) is 9.04. The van der Waals surface area contributed by atoms with E-state index in [0.717, 1.165) is 16.9 Å². The van der Waals surface area contributed by atoms with E-state index in [-0.39, 0.29) is 5.69 Å². The Bertz CT molecular complexity index is 546. The third-order valence-corrected chi connectivity index (χ3v) is 2.38. The molecule has 82 valence electrons. The number of non-ortho nitro benzene ring substituents is 1. The molecule has 0 aliphatic heterocycles. The van der Waals surface area contributed by atoms with Crippen molar-refractivity contribution in [1.82, 2.24) is 9.55 Å². The monoisotopic (exact) mass is 217 g/mol. The van der Waals surface area contributed by atoms with Crippen molar-refractivity contribution in [1.29, 1.82) is 0 Å². The van der Waals surface area contributed by atoms with E-state index in [0.29, 0.717) is 0 Å². The van der Waals surface area contributed by atoms with Crippen LogP contribution in [0.3, 0.4) is 0 Å². The van der Waals surface area contributed by atoms with Gasteiger partial charge in [-0.1, -0.05) is 0 Å². The van der Waals surface area contributed by atoms with E-state index >= 15 is 0 Å². The van der Waals surface area contributed by atoms with Gasteiger partial charge in [-0.25, -0.2) is 4.98 Å². The first-order valence-electron chi connectivity index (χ1n) is 4.84. The molecule has 1 aromatic carbocycles. The third kappa shape index (κ3) is 1.79. The average Bonchev–Trinajstić information content (AvgIpc) is 2.64. The van der Waals surface area contributed by atoms with Crippen molar-refractivity contribution >= 4 is 5.69 Å². The van der Waals surface area contributed by atoms with E-state index in [4.69, 9.17) is 0 Å². The molecule has 0 radical (unpaired) electrons. The van der Waals surface area contributed by atoms with Gasteiger partial charge in [0.15, 0.2) is 0 Å². The summed E-state index contributed by atoms with van der Waals surface area (Å²) in [5, 5.41) is 10.6. The molecule has 0 atom stereocenters.